The van der Waals surface area contributed by atoms with E-state index in [1.165, 1.54) is 11.3 Å². The highest BCUT2D eigenvalue weighted by molar-refractivity contribution is 7.12. The molecule has 0 aliphatic rings. The van der Waals surface area contributed by atoms with E-state index in [0.29, 0.717) is 20.6 Å². The molecule has 0 spiro atoms. The molecule has 2 rings (SSSR count). The number of carbonyl (C=O) groups excluding carboxylic acids is 2. The van der Waals surface area contributed by atoms with E-state index in [2.05, 4.69) is 5.32 Å². The van der Waals surface area contributed by atoms with Gasteiger partial charge in [-0.05, 0) is 29.6 Å². The van der Waals surface area contributed by atoms with Crippen LogP contribution in [0.2, 0.25) is 10.0 Å². The summed E-state index contributed by atoms with van der Waals surface area (Å²) in [5, 5.41) is 5.40. The van der Waals surface area contributed by atoms with E-state index >= 15 is 0 Å². The van der Waals surface area contributed by atoms with Crippen LogP contribution in [0.3, 0.4) is 0 Å². The number of amides is 1. The highest BCUT2D eigenvalue weighted by Gasteiger charge is 2.10. The quantitative estimate of drug-likeness (QED) is 0.812. The molecule has 1 N–H and O–H groups in total. The van der Waals surface area contributed by atoms with Crippen molar-refractivity contribution in [3.05, 3.63) is 50.6 Å². The number of rotatable bonds is 5. The smallest absolute Gasteiger partial charge is 0.224 e. The second-order valence-corrected chi connectivity index (χ2v) is 5.93. The lowest BCUT2D eigenvalue weighted by Crippen LogP contribution is -2.13. The Balaban J connectivity index is 1.88. The van der Waals surface area contributed by atoms with Gasteiger partial charge in [-0.2, -0.15) is 0 Å². The fraction of sp³-hybridized carbons (Fsp3) is 0.143. The Kier molecular flexibility index (Phi) is 5.17. The number of benzene rings is 1. The van der Waals surface area contributed by atoms with E-state index in [9.17, 15) is 9.59 Å². The van der Waals surface area contributed by atoms with Crippen molar-refractivity contribution in [2.75, 3.05) is 5.32 Å². The molecule has 3 nitrogen and oxygen atoms in total. The van der Waals surface area contributed by atoms with Crippen LogP contribution >= 0.6 is 34.5 Å². The van der Waals surface area contributed by atoms with E-state index in [0.717, 1.165) is 0 Å². The molecule has 6 heteroatoms. The number of anilines is 1. The number of hydrogen-bond donors (Lipinski definition) is 1. The minimum atomic E-state index is -0.242. The van der Waals surface area contributed by atoms with Gasteiger partial charge < -0.3 is 5.32 Å². The van der Waals surface area contributed by atoms with Gasteiger partial charge >= 0.3 is 0 Å². The molecular weight excluding hydrogens is 317 g/mol. The lowest BCUT2D eigenvalue weighted by atomic mass is 10.2. The molecule has 20 heavy (non-hydrogen) atoms. The van der Waals surface area contributed by atoms with Gasteiger partial charge in [-0.15, -0.1) is 11.3 Å². The Morgan fingerprint density at radius 1 is 1.10 bits per heavy atom. The van der Waals surface area contributed by atoms with Crippen LogP contribution in [0.5, 0.6) is 0 Å². The van der Waals surface area contributed by atoms with Crippen LogP contribution in [0.1, 0.15) is 22.5 Å². The minimum Gasteiger partial charge on any atom is -0.326 e. The van der Waals surface area contributed by atoms with Gasteiger partial charge in [-0.25, -0.2) is 0 Å². The number of ketones is 1. The van der Waals surface area contributed by atoms with Gasteiger partial charge in [-0.1, -0.05) is 29.3 Å². The molecule has 1 aromatic heterocycles. The number of thiophene rings is 1. The molecule has 0 aliphatic heterocycles. The topological polar surface area (TPSA) is 46.2 Å². The Hall–Kier alpha value is -1.36. The summed E-state index contributed by atoms with van der Waals surface area (Å²) in [6, 6.07) is 8.35. The van der Waals surface area contributed by atoms with E-state index < -0.39 is 0 Å². The molecule has 0 fully saturated rings. The zero-order chi connectivity index (χ0) is 14.5. The van der Waals surface area contributed by atoms with E-state index in [1.54, 1.807) is 24.3 Å². The first-order valence-electron chi connectivity index (χ1n) is 5.87. The van der Waals surface area contributed by atoms with Gasteiger partial charge in [0.05, 0.1) is 4.88 Å². The summed E-state index contributed by atoms with van der Waals surface area (Å²) < 4.78 is 0. The van der Waals surface area contributed by atoms with Gasteiger partial charge in [-0.3, -0.25) is 9.59 Å². The van der Waals surface area contributed by atoms with E-state index in [1.807, 2.05) is 11.4 Å². The van der Waals surface area contributed by atoms with Crippen molar-refractivity contribution in [2.45, 2.75) is 12.8 Å². The van der Waals surface area contributed by atoms with E-state index in [4.69, 9.17) is 23.2 Å². The van der Waals surface area contributed by atoms with Crippen LogP contribution in [0.15, 0.2) is 35.7 Å². The lowest BCUT2D eigenvalue weighted by molar-refractivity contribution is -0.116. The largest absolute Gasteiger partial charge is 0.326 e. The Labute approximate surface area is 130 Å². The second kappa shape index (κ2) is 6.88. The van der Waals surface area contributed by atoms with Crippen molar-refractivity contribution >= 4 is 51.9 Å². The van der Waals surface area contributed by atoms with Gasteiger partial charge in [0.2, 0.25) is 5.91 Å². The number of Topliss-reactive ketones (excluding diaryl/α,β-unsaturated/α-hetero) is 1. The molecule has 1 amide bonds. The van der Waals surface area contributed by atoms with E-state index in [-0.39, 0.29) is 24.5 Å². The zero-order valence-corrected chi connectivity index (χ0v) is 12.7. The number of carbonyl (C=O) groups is 2. The van der Waals surface area contributed by atoms with Crippen LogP contribution in [0.4, 0.5) is 5.69 Å². The first kappa shape index (κ1) is 15.0. The Morgan fingerprint density at radius 3 is 2.40 bits per heavy atom. The third kappa shape index (κ3) is 4.34. The first-order valence-corrected chi connectivity index (χ1v) is 7.51. The third-order valence-corrected chi connectivity index (χ3v) is 3.87. The lowest BCUT2D eigenvalue weighted by Gasteiger charge is -2.06. The summed E-state index contributed by atoms with van der Waals surface area (Å²) in [6.07, 6.45) is 0.307. The van der Waals surface area contributed by atoms with Gasteiger partial charge in [0.15, 0.2) is 5.78 Å². The summed E-state index contributed by atoms with van der Waals surface area (Å²) in [6.45, 7) is 0. The van der Waals surface area contributed by atoms with Crippen LogP contribution in [-0.2, 0) is 4.79 Å². The highest BCUT2D eigenvalue weighted by atomic mass is 35.5. The Bertz CT molecular complexity index is 606. The predicted octanol–water partition coefficient (Wildman–Crippen LogP) is 4.66. The molecule has 0 unspecified atom stereocenters. The Morgan fingerprint density at radius 2 is 1.80 bits per heavy atom. The third-order valence-electron chi connectivity index (χ3n) is 2.52. The molecule has 0 bridgehead atoms. The van der Waals surface area contributed by atoms with Gasteiger partial charge in [0.1, 0.15) is 0 Å². The maximum Gasteiger partial charge on any atom is 0.224 e. The molecule has 0 saturated heterocycles. The maximum atomic E-state index is 11.8. The molecule has 0 saturated carbocycles. The molecule has 1 aromatic carbocycles. The van der Waals surface area contributed by atoms with Crippen LogP contribution < -0.4 is 5.32 Å². The van der Waals surface area contributed by atoms with Crippen molar-refractivity contribution in [1.82, 2.24) is 0 Å². The molecule has 104 valence electrons. The number of nitrogens with one attached hydrogen (secondary N) is 1. The second-order valence-electron chi connectivity index (χ2n) is 4.11. The van der Waals surface area contributed by atoms with Gasteiger partial charge in [0, 0.05) is 28.6 Å². The molecule has 0 aliphatic carbocycles. The number of halogens is 2. The summed E-state index contributed by atoms with van der Waals surface area (Å²) in [7, 11) is 0. The van der Waals surface area contributed by atoms with Crippen LogP contribution in [-0.4, -0.2) is 11.7 Å². The molecule has 0 radical (unpaired) electrons. The SMILES string of the molecule is O=C(CCC(=O)c1cccs1)Nc1cc(Cl)cc(Cl)c1. The van der Waals surface area contributed by atoms with Gasteiger partial charge in [0.25, 0.3) is 0 Å². The number of hydrogen-bond acceptors (Lipinski definition) is 3. The summed E-state index contributed by atoms with van der Waals surface area (Å²) in [5.41, 5.74) is 0.524. The normalized spacial score (nSPS) is 10.3. The van der Waals surface area contributed by atoms with Crippen molar-refractivity contribution in [3.8, 4) is 0 Å². The van der Waals surface area contributed by atoms with Crippen LogP contribution in [0.25, 0.3) is 0 Å². The highest BCUT2D eigenvalue weighted by Crippen LogP contribution is 2.22. The zero-order valence-electron chi connectivity index (χ0n) is 10.4. The summed E-state index contributed by atoms with van der Waals surface area (Å²) in [4.78, 5) is 24.2. The van der Waals surface area contributed by atoms with Crippen molar-refractivity contribution in [3.63, 3.8) is 0 Å². The fourth-order valence-corrected chi connectivity index (χ4v) is 2.86. The predicted molar refractivity (Wildman–Crippen MR) is 83.0 cm³/mol. The molecular formula is C14H11Cl2NO2S. The van der Waals surface area contributed by atoms with Crippen molar-refractivity contribution in [2.24, 2.45) is 0 Å². The minimum absolute atomic E-state index is 0.0284. The van der Waals surface area contributed by atoms with Crippen molar-refractivity contribution in [1.29, 1.82) is 0 Å². The molecule has 1 heterocycles. The first-order chi connectivity index (χ1) is 9.54. The molecule has 2 aromatic rings. The summed E-state index contributed by atoms with van der Waals surface area (Å²) in [5.74, 6) is -0.271. The van der Waals surface area contributed by atoms with Crippen molar-refractivity contribution < 1.29 is 9.59 Å². The molecule has 0 atom stereocenters. The standard InChI is InChI=1S/C14H11Cl2NO2S/c15-9-6-10(16)8-11(7-9)17-14(19)4-3-12(18)13-2-1-5-20-13/h1-2,5-8H,3-4H2,(H,17,19). The monoisotopic (exact) mass is 327 g/mol. The average Bonchev–Trinajstić information content (AvgIpc) is 2.88. The fourth-order valence-electron chi connectivity index (χ4n) is 1.64. The van der Waals surface area contributed by atoms with Crippen LogP contribution in [0, 0.1) is 0 Å². The summed E-state index contributed by atoms with van der Waals surface area (Å²) >= 11 is 13.1. The average molecular weight is 328 g/mol. The maximum absolute atomic E-state index is 11.8.